The van der Waals surface area contributed by atoms with Crippen molar-refractivity contribution in [3.63, 3.8) is 0 Å². The zero-order chi connectivity index (χ0) is 14.6. The van der Waals surface area contributed by atoms with E-state index < -0.39 is 11.4 Å². The molecule has 5 N–H and O–H groups in total. The molecule has 0 saturated heterocycles. The predicted octanol–water partition coefficient (Wildman–Crippen LogP) is 1.78. The van der Waals surface area contributed by atoms with Gasteiger partial charge in [-0.1, -0.05) is 31.4 Å². The van der Waals surface area contributed by atoms with Gasteiger partial charge in [-0.3, -0.25) is 9.59 Å². The SMILES string of the molecule is NC(=O)c1ccccc1NC(=O)CC1(N)CCCCC1. The number of para-hydroxylation sites is 1. The van der Waals surface area contributed by atoms with Crippen molar-refractivity contribution in [2.45, 2.75) is 44.1 Å². The second kappa shape index (κ2) is 6.05. The summed E-state index contributed by atoms with van der Waals surface area (Å²) >= 11 is 0. The zero-order valence-electron chi connectivity index (χ0n) is 11.5. The first-order valence-electron chi connectivity index (χ1n) is 6.98. The van der Waals surface area contributed by atoms with Gasteiger partial charge < -0.3 is 16.8 Å². The van der Waals surface area contributed by atoms with Crippen LogP contribution < -0.4 is 16.8 Å². The molecular weight excluding hydrogens is 254 g/mol. The van der Waals surface area contributed by atoms with Crippen molar-refractivity contribution in [3.8, 4) is 0 Å². The van der Waals surface area contributed by atoms with E-state index in [-0.39, 0.29) is 12.3 Å². The van der Waals surface area contributed by atoms with Crippen LogP contribution in [-0.2, 0) is 4.79 Å². The number of anilines is 1. The third-order valence-electron chi connectivity index (χ3n) is 3.83. The van der Waals surface area contributed by atoms with Gasteiger partial charge in [-0.25, -0.2) is 0 Å². The lowest BCUT2D eigenvalue weighted by Crippen LogP contribution is -2.44. The Morgan fingerprint density at radius 1 is 1.15 bits per heavy atom. The number of carbonyl (C=O) groups is 2. The average Bonchev–Trinajstić information content (AvgIpc) is 2.39. The molecular formula is C15H21N3O2. The highest BCUT2D eigenvalue weighted by Gasteiger charge is 2.30. The van der Waals surface area contributed by atoms with Crippen LogP contribution in [0, 0.1) is 0 Å². The fraction of sp³-hybridized carbons (Fsp3) is 0.467. The van der Waals surface area contributed by atoms with Crippen molar-refractivity contribution in [3.05, 3.63) is 29.8 Å². The molecule has 2 rings (SSSR count). The summed E-state index contributed by atoms with van der Waals surface area (Å²) in [5.41, 5.74) is 11.9. The molecule has 0 spiro atoms. The van der Waals surface area contributed by atoms with Gasteiger partial charge in [0.1, 0.15) is 0 Å². The summed E-state index contributed by atoms with van der Waals surface area (Å²) in [6, 6.07) is 6.72. The van der Waals surface area contributed by atoms with E-state index in [1.165, 1.54) is 6.42 Å². The summed E-state index contributed by atoms with van der Waals surface area (Å²) in [4.78, 5) is 23.4. The number of nitrogens with two attached hydrogens (primary N) is 2. The van der Waals surface area contributed by atoms with Crippen LogP contribution in [0.15, 0.2) is 24.3 Å². The van der Waals surface area contributed by atoms with Crippen LogP contribution in [0.5, 0.6) is 0 Å². The van der Waals surface area contributed by atoms with Crippen LogP contribution in [0.2, 0.25) is 0 Å². The molecule has 0 atom stereocenters. The molecule has 5 heteroatoms. The Labute approximate surface area is 118 Å². The minimum atomic E-state index is -0.555. The molecule has 5 nitrogen and oxygen atoms in total. The Balaban J connectivity index is 2.03. The Morgan fingerprint density at radius 3 is 2.45 bits per heavy atom. The summed E-state index contributed by atoms with van der Waals surface area (Å²) < 4.78 is 0. The molecule has 1 aromatic carbocycles. The van der Waals surface area contributed by atoms with Gasteiger partial charge in [0.25, 0.3) is 5.91 Å². The molecule has 1 aromatic rings. The van der Waals surface area contributed by atoms with E-state index in [9.17, 15) is 9.59 Å². The van der Waals surface area contributed by atoms with E-state index in [0.29, 0.717) is 11.3 Å². The number of carbonyl (C=O) groups excluding carboxylic acids is 2. The molecule has 0 aliphatic heterocycles. The van der Waals surface area contributed by atoms with E-state index in [1.807, 2.05) is 0 Å². The van der Waals surface area contributed by atoms with Crippen LogP contribution in [0.25, 0.3) is 0 Å². The fourth-order valence-corrected chi connectivity index (χ4v) is 2.75. The zero-order valence-corrected chi connectivity index (χ0v) is 11.5. The third kappa shape index (κ3) is 3.57. The number of hydrogen-bond donors (Lipinski definition) is 3. The Bertz CT molecular complexity index is 508. The second-order valence-electron chi connectivity index (χ2n) is 5.56. The Hall–Kier alpha value is -1.88. The van der Waals surface area contributed by atoms with Crippen LogP contribution in [0.1, 0.15) is 48.9 Å². The monoisotopic (exact) mass is 275 g/mol. The maximum atomic E-state index is 12.1. The van der Waals surface area contributed by atoms with E-state index in [0.717, 1.165) is 25.7 Å². The van der Waals surface area contributed by atoms with Crippen LogP contribution in [0.4, 0.5) is 5.69 Å². The van der Waals surface area contributed by atoms with Crippen molar-refractivity contribution in [2.24, 2.45) is 11.5 Å². The average molecular weight is 275 g/mol. The quantitative estimate of drug-likeness (QED) is 0.781. The first-order chi connectivity index (χ1) is 9.50. The molecule has 1 fully saturated rings. The normalized spacial score (nSPS) is 17.4. The lowest BCUT2D eigenvalue weighted by Gasteiger charge is -2.32. The highest BCUT2D eigenvalue weighted by molar-refractivity contribution is 6.03. The summed E-state index contributed by atoms with van der Waals surface area (Å²) in [5, 5.41) is 2.74. The van der Waals surface area contributed by atoms with Crippen LogP contribution in [0.3, 0.4) is 0 Å². The van der Waals surface area contributed by atoms with Crippen LogP contribution in [-0.4, -0.2) is 17.4 Å². The molecule has 0 heterocycles. The van der Waals surface area contributed by atoms with E-state index in [1.54, 1.807) is 24.3 Å². The molecule has 1 aliphatic carbocycles. The van der Waals surface area contributed by atoms with Gasteiger partial charge in [-0.05, 0) is 25.0 Å². The van der Waals surface area contributed by atoms with Gasteiger partial charge in [-0.15, -0.1) is 0 Å². The first-order valence-corrected chi connectivity index (χ1v) is 6.98. The van der Waals surface area contributed by atoms with Gasteiger partial charge in [-0.2, -0.15) is 0 Å². The number of amides is 2. The highest BCUT2D eigenvalue weighted by Crippen LogP contribution is 2.29. The van der Waals surface area contributed by atoms with Gasteiger partial charge >= 0.3 is 0 Å². The largest absolute Gasteiger partial charge is 0.366 e. The smallest absolute Gasteiger partial charge is 0.250 e. The van der Waals surface area contributed by atoms with Crippen LogP contribution >= 0.6 is 0 Å². The topological polar surface area (TPSA) is 98.2 Å². The van der Waals surface area contributed by atoms with Crippen molar-refractivity contribution in [2.75, 3.05) is 5.32 Å². The van der Waals surface area contributed by atoms with E-state index in [4.69, 9.17) is 11.5 Å². The Morgan fingerprint density at radius 2 is 1.80 bits per heavy atom. The molecule has 20 heavy (non-hydrogen) atoms. The molecule has 0 radical (unpaired) electrons. The summed E-state index contributed by atoms with van der Waals surface area (Å²) in [7, 11) is 0. The number of benzene rings is 1. The van der Waals surface area contributed by atoms with E-state index in [2.05, 4.69) is 5.32 Å². The Kier molecular flexibility index (Phi) is 4.39. The van der Waals surface area contributed by atoms with Crippen molar-refractivity contribution < 1.29 is 9.59 Å². The number of nitrogens with one attached hydrogen (secondary N) is 1. The minimum Gasteiger partial charge on any atom is -0.366 e. The van der Waals surface area contributed by atoms with Gasteiger partial charge in [0.2, 0.25) is 5.91 Å². The second-order valence-corrected chi connectivity index (χ2v) is 5.56. The van der Waals surface area contributed by atoms with Gasteiger partial charge in [0.15, 0.2) is 0 Å². The van der Waals surface area contributed by atoms with Gasteiger partial charge in [0, 0.05) is 12.0 Å². The molecule has 108 valence electrons. The third-order valence-corrected chi connectivity index (χ3v) is 3.83. The minimum absolute atomic E-state index is 0.164. The summed E-state index contributed by atoms with van der Waals surface area (Å²) in [6.45, 7) is 0. The van der Waals surface area contributed by atoms with Crippen molar-refractivity contribution >= 4 is 17.5 Å². The molecule has 0 aromatic heterocycles. The fourth-order valence-electron chi connectivity index (χ4n) is 2.75. The maximum absolute atomic E-state index is 12.1. The molecule has 0 bridgehead atoms. The molecule has 1 saturated carbocycles. The summed E-state index contributed by atoms with van der Waals surface area (Å²) in [6.07, 6.45) is 5.35. The van der Waals surface area contributed by atoms with Crippen molar-refractivity contribution in [1.29, 1.82) is 0 Å². The number of hydrogen-bond acceptors (Lipinski definition) is 3. The summed E-state index contributed by atoms with van der Waals surface area (Å²) in [5.74, 6) is -0.718. The molecule has 2 amide bonds. The number of rotatable bonds is 4. The lowest BCUT2D eigenvalue weighted by atomic mass is 9.80. The maximum Gasteiger partial charge on any atom is 0.250 e. The van der Waals surface area contributed by atoms with Gasteiger partial charge in [0.05, 0.1) is 11.3 Å². The standard InChI is InChI=1S/C15H21N3O2/c16-14(20)11-6-2-3-7-12(11)18-13(19)10-15(17)8-4-1-5-9-15/h2-3,6-7H,1,4-5,8-10,17H2,(H2,16,20)(H,18,19). The lowest BCUT2D eigenvalue weighted by molar-refractivity contribution is -0.117. The predicted molar refractivity (Wildman–Crippen MR) is 78.2 cm³/mol. The highest BCUT2D eigenvalue weighted by atomic mass is 16.2. The van der Waals surface area contributed by atoms with E-state index >= 15 is 0 Å². The molecule has 0 unspecified atom stereocenters. The van der Waals surface area contributed by atoms with Crippen molar-refractivity contribution in [1.82, 2.24) is 0 Å². The number of primary amides is 1. The first kappa shape index (κ1) is 14.5. The molecule has 1 aliphatic rings.